The Morgan fingerprint density at radius 1 is 0.547 bits per heavy atom. The molecule has 64 heavy (non-hydrogen) atoms. The van der Waals surface area contributed by atoms with Gasteiger partial charge in [-0.15, -0.1) is 34.0 Å². The van der Waals surface area contributed by atoms with E-state index in [-0.39, 0.29) is 14.2 Å². The molecule has 0 bridgehead atoms. The molecule has 0 amide bonds. The van der Waals surface area contributed by atoms with E-state index >= 15 is 0 Å². The van der Waals surface area contributed by atoms with Crippen molar-refractivity contribution in [1.82, 2.24) is 28.2 Å². The number of hydrogen-bond acceptors (Lipinski definition) is 11. The van der Waals surface area contributed by atoms with E-state index in [1.807, 2.05) is 69.9 Å². The summed E-state index contributed by atoms with van der Waals surface area (Å²) in [7, 11) is 0. The number of rotatable bonds is 5. The highest BCUT2D eigenvalue weighted by Crippen LogP contribution is 2.32. The van der Waals surface area contributed by atoms with Gasteiger partial charge in [-0.1, -0.05) is 91.0 Å². The monoisotopic (exact) mass is 960 g/mol. The summed E-state index contributed by atoms with van der Waals surface area (Å²) in [6.45, 7) is 0. The van der Waals surface area contributed by atoms with E-state index in [9.17, 15) is 63.8 Å². The Balaban J connectivity index is 0.000000238. The maximum atomic E-state index is 12.8. The van der Waals surface area contributed by atoms with Crippen LogP contribution in [-0.2, 0) is 14.3 Å². The number of imidazole rings is 3. The van der Waals surface area contributed by atoms with Crippen molar-refractivity contribution in [3.8, 4) is 33.8 Å². The summed E-state index contributed by atoms with van der Waals surface area (Å²) >= 11 is 4.25. The summed E-state index contributed by atoms with van der Waals surface area (Å²) in [6.07, 6.45) is -8.95. The van der Waals surface area contributed by atoms with Crippen molar-refractivity contribution in [1.29, 1.82) is 0 Å². The number of esters is 2. The number of thiazole rings is 3. The van der Waals surface area contributed by atoms with Gasteiger partial charge in [-0.3, -0.25) is 18.0 Å². The minimum Gasteiger partial charge on any atom is -0.476 e. The summed E-state index contributed by atoms with van der Waals surface area (Å²) in [5, 5.41) is 14.7. The van der Waals surface area contributed by atoms with E-state index in [0.717, 1.165) is 16.2 Å². The molecule has 0 atom stereocenters. The van der Waals surface area contributed by atoms with Crippen LogP contribution in [0.15, 0.2) is 132 Å². The third-order valence-corrected chi connectivity index (χ3v) is 10.4. The lowest BCUT2D eigenvalue weighted by molar-refractivity contribution is -0.221. The minimum atomic E-state index is -5.62. The lowest BCUT2D eigenvalue weighted by Crippen LogP contribution is -2.34. The normalized spacial score (nSPS) is 11.6. The fraction of sp³-hybridized carbons (Fsp3) is 0.0750. The Bertz CT molecular complexity index is 3010. The number of ether oxygens (including phenoxy) is 1. The van der Waals surface area contributed by atoms with Gasteiger partial charge in [0.1, 0.15) is 17.1 Å². The average molecular weight is 961 g/mol. The summed E-state index contributed by atoms with van der Waals surface area (Å²) < 4.78 is 123. The number of carbonyl (C=O) groups is 4. The Morgan fingerprint density at radius 2 is 0.953 bits per heavy atom. The number of benzene rings is 3. The maximum absolute atomic E-state index is 12.8. The van der Waals surface area contributed by atoms with Crippen LogP contribution in [0.5, 0.6) is 0 Å². The van der Waals surface area contributed by atoms with Crippen molar-refractivity contribution >= 4 is 72.6 Å². The van der Waals surface area contributed by atoms with Crippen molar-refractivity contribution in [2.24, 2.45) is 0 Å². The molecular weight excluding hydrogens is 928 g/mol. The lowest BCUT2D eigenvalue weighted by Gasteiger charge is -2.06. The third kappa shape index (κ3) is 10.9. The first-order valence-electron chi connectivity index (χ1n) is 18.5. The third-order valence-electron chi connectivity index (χ3n) is 8.10. The van der Waals surface area contributed by atoms with Gasteiger partial charge in [0.05, 0.1) is 5.69 Å². The maximum Gasteiger partial charge on any atom is 0.491 e. The SMILES string of the molecule is O=C(O)c1c(-c2ccccc2)nc2sccn12.O=C(OC(=O)C(F)(F)F)C(F)(F)F.O=C(c1c(-c2ccccc2)nc2sccn12)C(F)(F)F.[2HH].[2HH].[2H][2H].c1ccc(-c2cn3ccsc3n2)cc1. The van der Waals surface area contributed by atoms with Crippen LogP contribution >= 0.6 is 34.0 Å². The van der Waals surface area contributed by atoms with Crippen molar-refractivity contribution in [2.45, 2.75) is 18.5 Å². The van der Waals surface area contributed by atoms with Gasteiger partial charge in [0.25, 0.3) is 5.78 Å². The van der Waals surface area contributed by atoms with E-state index in [0.29, 0.717) is 21.2 Å². The zero-order valence-electron chi connectivity index (χ0n) is 33.5. The molecule has 6 aromatic heterocycles. The fourth-order valence-electron chi connectivity index (χ4n) is 5.40. The predicted octanol–water partition coefficient (Wildman–Crippen LogP) is 11.6. The van der Waals surface area contributed by atoms with Crippen LogP contribution in [0.1, 0.15) is 26.8 Å². The molecule has 0 spiro atoms. The van der Waals surface area contributed by atoms with Gasteiger partial charge in [-0.25, -0.2) is 29.3 Å². The molecule has 9 aromatic rings. The Kier molecular flexibility index (Phi) is 13.4. The summed E-state index contributed by atoms with van der Waals surface area (Å²) in [5.74, 6) is -9.25. The molecule has 0 saturated heterocycles. The number of carboxylic acids is 1. The molecule has 24 heteroatoms. The zero-order valence-corrected chi connectivity index (χ0v) is 33.9. The number of carboxylic acid groups (broad SMARTS) is 1. The van der Waals surface area contributed by atoms with E-state index in [1.165, 1.54) is 38.8 Å². The predicted molar refractivity (Wildman–Crippen MR) is 222 cm³/mol. The van der Waals surface area contributed by atoms with Crippen molar-refractivity contribution in [3.05, 3.63) is 143 Å². The van der Waals surface area contributed by atoms with Crippen LogP contribution in [0, 0.1) is 0 Å². The highest BCUT2D eigenvalue weighted by atomic mass is 32.1. The number of ketones is 1. The number of Topliss-reactive ketones (excluding diaryl/α,β-unsaturated/α-hetero) is 1. The van der Waals surface area contributed by atoms with Gasteiger partial charge in [0.2, 0.25) is 0 Å². The van der Waals surface area contributed by atoms with Crippen LogP contribution in [0.4, 0.5) is 39.5 Å². The van der Waals surface area contributed by atoms with Crippen molar-refractivity contribution in [2.75, 3.05) is 0 Å². The molecule has 3 aromatic carbocycles. The second kappa shape index (κ2) is 19.1. The van der Waals surface area contributed by atoms with Gasteiger partial charge in [0.15, 0.2) is 20.6 Å². The number of alkyl halides is 9. The van der Waals surface area contributed by atoms with Crippen LogP contribution in [-0.4, -0.2) is 75.5 Å². The second-order valence-electron chi connectivity index (χ2n) is 12.4. The van der Waals surface area contributed by atoms with Gasteiger partial charge < -0.3 is 9.84 Å². The molecule has 0 aliphatic carbocycles. The van der Waals surface area contributed by atoms with Crippen LogP contribution in [0.2, 0.25) is 0 Å². The van der Waals surface area contributed by atoms with Gasteiger partial charge in [0, 0.05) is 63.4 Å². The van der Waals surface area contributed by atoms with Gasteiger partial charge in [-0.2, -0.15) is 39.5 Å². The van der Waals surface area contributed by atoms with E-state index in [1.54, 1.807) is 57.6 Å². The summed E-state index contributed by atoms with van der Waals surface area (Å²) in [5.41, 5.74) is 3.86. The summed E-state index contributed by atoms with van der Waals surface area (Å²) in [6, 6.07) is 27.9. The number of nitrogens with zero attached hydrogens (tertiary/aromatic N) is 6. The Morgan fingerprint density at radius 3 is 1.38 bits per heavy atom. The molecule has 0 aliphatic rings. The number of hydrogen-bond donors (Lipinski definition) is 1. The second-order valence-corrected chi connectivity index (χ2v) is 15.0. The first-order valence-corrected chi connectivity index (χ1v) is 20.1. The molecule has 0 unspecified atom stereocenters. The van der Waals surface area contributed by atoms with Gasteiger partial charge >= 0.3 is 36.4 Å². The number of aromatic nitrogens is 6. The molecule has 0 aliphatic heterocycles. The van der Waals surface area contributed by atoms with Gasteiger partial charge in [-0.05, 0) is 0 Å². The molecule has 6 heterocycles. The largest absolute Gasteiger partial charge is 0.491 e. The molecule has 336 valence electrons. The zero-order chi connectivity index (χ0) is 48.4. The minimum absolute atomic E-state index is 0. The van der Waals surface area contributed by atoms with Crippen LogP contribution < -0.4 is 0 Å². The fourth-order valence-corrected chi connectivity index (χ4v) is 7.53. The van der Waals surface area contributed by atoms with Crippen LogP contribution in [0.3, 0.4) is 0 Å². The first-order chi connectivity index (χ1) is 31.2. The molecule has 0 saturated carbocycles. The number of fused-ring (bicyclic) bond motifs is 3. The lowest BCUT2D eigenvalue weighted by atomic mass is 10.1. The molecule has 1 N–H and O–H groups in total. The van der Waals surface area contributed by atoms with Crippen molar-refractivity contribution in [3.63, 3.8) is 0 Å². The molecular formula is C40H29F9N6O6S3. The number of aromatic carboxylic acids is 1. The molecule has 0 radical (unpaired) electrons. The quantitative estimate of drug-likeness (QED) is 0.0769. The Labute approximate surface area is 369 Å². The average Bonchev–Trinajstić information content (AvgIpc) is 4.14. The van der Waals surface area contributed by atoms with E-state index in [4.69, 9.17) is 2.97 Å². The van der Waals surface area contributed by atoms with E-state index in [2.05, 4.69) is 38.0 Å². The number of carbonyl (C=O) groups excluding carboxylic acids is 3. The highest BCUT2D eigenvalue weighted by Gasteiger charge is 2.49. The topological polar surface area (TPSA) is 150 Å². The number of halogens is 9. The highest BCUT2D eigenvalue weighted by molar-refractivity contribution is 7.15. The molecule has 12 nitrogen and oxygen atoms in total. The molecule has 9 rings (SSSR count). The Hall–Kier alpha value is -7.18. The summed E-state index contributed by atoms with van der Waals surface area (Å²) in [4.78, 5) is 57.4. The first kappa shape index (κ1) is 44.9. The standard InChI is InChI=1S/C13H7F3N2OS.C12H8N2O2S.C11H8N2S.C4F6O3.3H2/c14-13(15,16)11(19)10-9(8-4-2-1-3-5-8)17-12-18(10)6-7-20-12;15-11(16)10-9(8-4-2-1-3-5-8)13-12-14(10)6-7-17-12;1-2-4-9(5-3-1)10-8-13-6-7-14-11(13)12-10;5-3(6,7)1(11)13-2(12)4(8,9)10;;;/h1-7H;1-7H,(H,15,16);1-8H;;3*1H/i;;;;1+1D;2*1+1. The smallest absolute Gasteiger partial charge is 0.476 e. The van der Waals surface area contributed by atoms with E-state index < -0.39 is 47.9 Å². The van der Waals surface area contributed by atoms with Crippen LogP contribution in [0.25, 0.3) is 48.7 Å². The molecule has 0 fully saturated rings. The van der Waals surface area contributed by atoms with Crippen molar-refractivity contribution < 1.29 is 74.4 Å².